The number of hydrogen-bond donors (Lipinski definition) is 2. The molecule has 3 nitrogen and oxygen atoms in total. The zero-order valence-corrected chi connectivity index (χ0v) is 12.3. The van der Waals surface area contributed by atoms with Crippen LogP contribution in [0.3, 0.4) is 0 Å². The Morgan fingerprint density at radius 3 is 2.63 bits per heavy atom. The molecule has 0 atom stereocenters. The minimum Gasteiger partial charge on any atom is -0.389 e. The number of rotatable bonds is 3. The molecule has 0 saturated heterocycles. The van der Waals surface area contributed by atoms with Crippen LogP contribution in [0.25, 0.3) is 10.9 Å². The monoisotopic (exact) mass is 273 g/mol. The quantitative estimate of drug-likeness (QED) is 0.842. The van der Waals surface area contributed by atoms with Crippen LogP contribution in [0.2, 0.25) is 0 Å². The predicted molar refractivity (Wildman–Crippen MR) is 85.6 cm³/mol. The smallest absolute Gasteiger partial charge is 0.127 e. The largest absolute Gasteiger partial charge is 0.389 e. The van der Waals surface area contributed by atoms with E-state index in [2.05, 4.69) is 31.1 Å². The molecule has 1 aromatic heterocycles. The highest BCUT2D eigenvalue weighted by Crippen LogP contribution is 2.22. The van der Waals surface area contributed by atoms with Crippen molar-refractivity contribution in [3.05, 3.63) is 35.9 Å². The number of nitrogens with one attached hydrogen (secondary N) is 1. The molecule has 0 amide bonds. The third-order valence-electron chi connectivity index (χ3n) is 2.78. The second-order valence-electron chi connectivity index (χ2n) is 5.85. The normalized spacial score (nSPS) is 11.5. The molecule has 1 aromatic carbocycles. The van der Waals surface area contributed by atoms with Crippen molar-refractivity contribution >= 4 is 33.9 Å². The maximum Gasteiger partial charge on any atom is 0.127 e. The van der Waals surface area contributed by atoms with E-state index in [1.165, 1.54) is 0 Å². The fourth-order valence-corrected chi connectivity index (χ4v) is 1.99. The van der Waals surface area contributed by atoms with E-state index in [0.717, 1.165) is 28.8 Å². The van der Waals surface area contributed by atoms with Crippen molar-refractivity contribution < 1.29 is 0 Å². The number of nitrogens with zero attached hydrogens (tertiary/aromatic N) is 1. The molecule has 0 radical (unpaired) electrons. The Kier molecular flexibility index (Phi) is 3.71. The molecule has 2 rings (SSSR count). The van der Waals surface area contributed by atoms with E-state index < -0.39 is 0 Å². The lowest BCUT2D eigenvalue weighted by molar-refractivity contribution is 0.442. The van der Waals surface area contributed by atoms with Crippen molar-refractivity contribution in [2.75, 3.05) is 11.9 Å². The summed E-state index contributed by atoms with van der Waals surface area (Å²) in [6.07, 6.45) is 0. The highest BCUT2D eigenvalue weighted by Gasteiger charge is 2.12. The molecule has 3 N–H and O–H groups in total. The van der Waals surface area contributed by atoms with E-state index in [9.17, 15) is 0 Å². The summed E-state index contributed by atoms with van der Waals surface area (Å²) in [5.74, 6) is 0.816. The first kappa shape index (κ1) is 13.7. The van der Waals surface area contributed by atoms with E-state index in [1.54, 1.807) is 0 Å². The lowest BCUT2D eigenvalue weighted by Gasteiger charge is -2.19. The fourth-order valence-electron chi connectivity index (χ4n) is 1.83. The number of thiocarbonyl (C=S) groups is 1. The topological polar surface area (TPSA) is 50.9 Å². The number of hydrogen-bond acceptors (Lipinski definition) is 3. The molecule has 2 aromatic rings. The van der Waals surface area contributed by atoms with Gasteiger partial charge in [-0.1, -0.05) is 51.2 Å². The second-order valence-corrected chi connectivity index (χ2v) is 6.29. The summed E-state index contributed by atoms with van der Waals surface area (Å²) in [5.41, 5.74) is 7.78. The Bertz CT molecular complexity index is 614. The Morgan fingerprint density at radius 2 is 2.00 bits per heavy atom. The molecule has 0 bridgehead atoms. The number of pyridine rings is 1. The van der Waals surface area contributed by atoms with Gasteiger partial charge in [0.2, 0.25) is 0 Å². The minimum atomic E-state index is 0.191. The van der Waals surface area contributed by atoms with Gasteiger partial charge in [0, 0.05) is 17.5 Å². The second kappa shape index (κ2) is 5.13. The van der Waals surface area contributed by atoms with Crippen molar-refractivity contribution in [3.8, 4) is 0 Å². The van der Waals surface area contributed by atoms with Crippen LogP contribution in [0, 0.1) is 5.41 Å². The van der Waals surface area contributed by atoms with E-state index in [1.807, 2.05) is 30.3 Å². The maximum atomic E-state index is 5.81. The highest BCUT2D eigenvalue weighted by atomic mass is 32.1. The summed E-state index contributed by atoms with van der Waals surface area (Å²) in [5, 5.41) is 4.34. The first-order valence-corrected chi connectivity index (χ1v) is 6.71. The SMILES string of the molecule is CC(C)(C)CNc1cc(C(N)=S)c2ccccc2n1. The Hall–Kier alpha value is -1.68. The third-order valence-corrected chi connectivity index (χ3v) is 3.00. The summed E-state index contributed by atoms with van der Waals surface area (Å²) >= 11 is 5.13. The molecule has 0 aliphatic heterocycles. The summed E-state index contributed by atoms with van der Waals surface area (Å²) in [6.45, 7) is 7.37. The van der Waals surface area contributed by atoms with Gasteiger partial charge in [-0.25, -0.2) is 4.98 Å². The van der Waals surface area contributed by atoms with Gasteiger partial charge < -0.3 is 11.1 Å². The molecule has 0 spiro atoms. The van der Waals surface area contributed by atoms with Gasteiger partial charge in [-0.3, -0.25) is 0 Å². The summed E-state index contributed by atoms with van der Waals surface area (Å²) in [7, 11) is 0. The van der Waals surface area contributed by atoms with Crippen molar-refractivity contribution in [2.45, 2.75) is 20.8 Å². The molecule has 1 heterocycles. The lowest BCUT2D eigenvalue weighted by Crippen LogP contribution is -2.20. The van der Waals surface area contributed by atoms with Gasteiger partial charge in [-0.15, -0.1) is 0 Å². The molecule has 100 valence electrons. The highest BCUT2D eigenvalue weighted by molar-refractivity contribution is 7.80. The average Bonchev–Trinajstić information content (AvgIpc) is 2.34. The number of anilines is 1. The number of benzene rings is 1. The van der Waals surface area contributed by atoms with Gasteiger partial charge in [0.15, 0.2) is 0 Å². The van der Waals surface area contributed by atoms with E-state index in [-0.39, 0.29) is 5.41 Å². The molecular weight excluding hydrogens is 254 g/mol. The minimum absolute atomic E-state index is 0.191. The molecule has 0 unspecified atom stereocenters. The predicted octanol–water partition coefficient (Wildman–Crippen LogP) is 3.33. The zero-order chi connectivity index (χ0) is 14.0. The van der Waals surface area contributed by atoms with Gasteiger partial charge in [0.25, 0.3) is 0 Å². The van der Waals surface area contributed by atoms with Crippen molar-refractivity contribution in [1.29, 1.82) is 0 Å². The molecule has 0 aliphatic carbocycles. The zero-order valence-electron chi connectivity index (χ0n) is 11.5. The first-order valence-electron chi connectivity index (χ1n) is 6.30. The summed E-state index contributed by atoms with van der Waals surface area (Å²) in [4.78, 5) is 5.00. The van der Waals surface area contributed by atoms with Gasteiger partial charge in [0.1, 0.15) is 10.8 Å². The third kappa shape index (κ3) is 3.41. The number of nitrogens with two attached hydrogens (primary N) is 1. The molecule has 0 aliphatic rings. The maximum absolute atomic E-state index is 5.81. The van der Waals surface area contributed by atoms with Crippen LogP contribution in [0.1, 0.15) is 26.3 Å². The van der Waals surface area contributed by atoms with Crippen LogP contribution >= 0.6 is 12.2 Å². The number of para-hydroxylation sites is 1. The van der Waals surface area contributed by atoms with E-state index in [0.29, 0.717) is 4.99 Å². The van der Waals surface area contributed by atoms with E-state index >= 15 is 0 Å². The standard InChI is InChI=1S/C15H19N3S/c1-15(2,3)9-17-13-8-11(14(16)19)10-6-4-5-7-12(10)18-13/h4-8H,9H2,1-3H3,(H2,16,19)(H,17,18). The Morgan fingerprint density at radius 1 is 1.32 bits per heavy atom. The van der Waals surface area contributed by atoms with Crippen molar-refractivity contribution in [1.82, 2.24) is 4.98 Å². The van der Waals surface area contributed by atoms with Crippen LogP contribution in [0.15, 0.2) is 30.3 Å². The van der Waals surface area contributed by atoms with Crippen LogP contribution < -0.4 is 11.1 Å². The number of fused-ring (bicyclic) bond motifs is 1. The van der Waals surface area contributed by atoms with Gasteiger partial charge in [-0.2, -0.15) is 0 Å². The molecule has 0 saturated carbocycles. The van der Waals surface area contributed by atoms with Gasteiger partial charge in [0.05, 0.1) is 5.52 Å². The molecule has 0 fully saturated rings. The molecular formula is C15H19N3S. The van der Waals surface area contributed by atoms with Crippen molar-refractivity contribution in [2.24, 2.45) is 11.1 Å². The Balaban J connectivity index is 2.44. The van der Waals surface area contributed by atoms with Gasteiger partial charge >= 0.3 is 0 Å². The summed E-state index contributed by atoms with van der Waals surface area (Å²) < 4.78 is 0. The molecule has 19 heavy (non-hydrogen) atoms. The van der Waals surface area contributed by atoms with Crippen LogP contribution in [0.4, 0.5) is 5.82 Å². The first-order chi connectivity index (χ1) is 8.87. The molecule has 4 heteroatoms. The fraction of sp³-hybridized carbons (Fsp3) is 0.333. The summed E-state index contributed by atoms with van der Waals surface area (Å²) in [6, 6.07) is 9.82. The van der Waals surface area contributed by atoms with Crippen LogP contribution in [-0.4, -0.2) is 16.5 Å². The Labute approximate surface area is 119 Å². The average molecular weight is 273 g/mol. The van der Waals surface area contributed by atoms with Gasteiger partial charge in [-0.05, 0) is 17.5 Å². The van der Waals surface area contributed by atoms with Crippen molar-refractivity contribution in [3.63, 3.8) is 0 Å². The number of aromatic nitrogens is 1. The van der Waals surface area contributed by atoms with E-state index in [4.69, 9.17) is 18.0 Å². The van der Waals surface area contributed by atoms with Crippen LogP contribution in [-0.2, 0) is 0 Å². The lowest BCUT2D eigenvalue weighted by atomic mass is 9.97. The van der Waals surface area contributed by atoms with Crippen LogP contribution in [0.5, 0.6) is 0 Å².